The van der Waals surface area contributed by atoms with E-state index in [-0.39, 0.29) is 16.1 Å². The van der Waals surface area contributed by atoms with Crippen molar-refractivity contribution in [2.45, 2.75) is 64.8 Å². The highest BCUT2D eigenvalue weighted by molar-refractivity contribution is 6.44. The second kappa shape index (κ2) is 9.62. The number of nitrogens with one attached hydrogen (secondary N) is 1. The minimum atomic E-state index is -0.440. The van der Waals surface area contributed by atoms with Gasteiger partial charge in [-0.3, -0.25) is 9.59 Å². The zero-order valence-electron chi connectivity index (χ0n) is 16.2. The Kier molecular flexibility index (Phi) is 7.19. The average Bonchev–Trinajstić information content (AvgIpc) is 2.65. The van der Waals surface area contributed by atoms with E-state index in [0.717, 1.165) is 49.8 Å². The highest BCUT2D eigenvalue weighted by Crippen LogP contribution is 2.30. The lowest BCUT2D eigenvalue weighted by molar-refractivity contribution is 0.102. The van der Waals surface area contributed by atoms with Crippen LogP contribution in [0.15, 0.2) is 29.1 Å². The number of carbonyl (C=O) groups excluding carboxylic acids is 1. The van der Waals surface area contributed by atoms with Crippen LogP contribution in [0.3, 0.4) is 0 Å². The van der Waals surface area contributed by atoms with Gasteiger partial charge in [0.15, 0.2) is 0 Å². The molecule has 1 amide bonds. The molecular weight excluding hydrogens is 395 g/mol. The zero-order valence-corrected chi connectivity index (χ0v) is 17.7. The first-order chi connectivity index (χ1) is 13.5. The van der Waals surface area contributed by atoms with Gasteiger partial charge in [0, 0.05) is 12.2 Å². The summed E-state index contributed by atoms with van der Waals surface area (Å²) >= 11 is 12.2. The topological polar surface area (TPSA) is 51.1 Å². The van der Waals surface area contributed by atoms with Gasteiger partial charge < -0.3 is 9.88 Å². The van der Waals surface area contributed by atoms with Crippen LogP contribution >= 0.6 is 23.2 Å². The Morgan fingerprint density at radius 3 is 2.64 bits per heavy atom. The third-order valence-corrected chi connectivity index (χ3v) is 6.10. The Labute approximate surface area is 175 Å². The second-order valence-electron chi connectivity index (χ2n) is 7.31. The number of hydrogen-bond acceptors (Lipinski definition) is 2. The molecule has 1 N–H and O–H groups in total. The van der Waals surface area contributed by atoms with Crippen LogP contribution in [-0.4, -0.2) is 10.5 Å². The van der Waals surface area contributed by atoms with Crippen molar-refractivity contribution in [1.29, 1.82) is 0 Å². The molecular formula is C22H26Cl2N2O2. The molecule has 0 saturated carbocycles. The molecule has 0 spiro atoms. The molecule has 150 valence electrons. The summed E-state index contributed by atoms with van der Waals surface area (Å²) in [5, 5.41) is 3.39. The van der Waals surface area contributed by atoms with Gasteiger partial charge in [0.2, 0.25) is 0 Å². The molecule has 0 radical (unpaired) electrons. The van der Waals surface area contributed by atoms with Gasteiger partial charge in [0.05, 0.1) is 15.7 Å². The number of rotatable bonds is 5. The number of fused-ring (bicyclic) bond motifs is 1. The van der Waals surface area contributed by atoms with Crippen molar-refractivity contribution in [2.24, 2.45) is 0 Å². The van der Waals surface area contributed by atoms with Crippen LogP contribution in [0.4, 0.5) is 5.69 Å². The number of amides is 1. The largest absolute Gasteiger partial charge is 0.320 e. The molecule has 0 saturated heterocycles. The maximum absolute atomic E-state index is 13.2. The quantitative estimate of drug-likeness (QED) is 0.657. The van der Waals surface area contributed by atoms with Gasteiger partial charge >= 0.3 is 0 Å². The van der Waals surface area contributed by atoms with E-state index >= 15 is 0 Å². The van der Waals surface area contributed by atoms with Crippen molar-refractivity contribution in [1.82, 2.24) is 4.57 Å². The Bertz CT molecular complexity index is 921. The predicted molar refractivity (Wildman–Crippen MR) is 116 cm³/mol. The van der Waals surface area contributed by atoms with Gasteiger partial charge in [-0.05, 0) is 55.9 Å². The third kappa shape index (κ3) is 4.61. The van der Waals surface area contributed by atoms with Gasteiger partial charge in [-0.2, -0.15) is 0 Å². The Balaban J connectivity index is 2.02. The first-order valence-electron chi connectivity index (χ1n) is 10.0. The summed E-state index contributed by atoms with van der Waals surface area (Å²) in [4.78, 5) is 26.1. The van der Waals surface area contributed by atoms with Crippen LogP contribution in [0.5, 0.6) is 0 Å². The summed E-state index contributed by atoms with van der Waals surface area (Å²) in [5.74, 6) is -0.440. The number of hydrogen-bond donors (Lipinski definition) is 1. The molecule has 6 heteroatoms. The summed E-state index contributed by atoms with van der Waals surface area (Å²) in [7, 11) is 0. The lowest BCUT2D eigenvalue weighted by Gasteiger charge is -2.21. The van der Waals surface area contributed by atoms with E-state index < -0.39 is 5.91 Å². The number of aryl methyl sites for hydroxylation is 1. The molecule has 4 nitrogen and oxygen atoms in total. The van der Waals surface area contributed by atoms with Crippen LogP contribution in [0, 0.1) is 0 Å². The smallest absolute Gasteiger partial charge is 0.263 e. The number of carbonyl (C=O) groups is 1. The Morgan fingerprint density at radius 2 is 1.89 bits per heavy atom. The van der Waals surface area contributed by atoms with Gasteiger partial charge in [0.25, 0.3) is 11.5 Å². The first-order valence-corrected chi connectivity index (χ1v) is 10.8. The van der Waals surface area contributed by atoms with Crippen molar-refractivity contribution < 1.29 is 4.79 Å². The zero-order chi connectivity index (χ0) is 20.1. The molecule has 1 aliphatic carbocycles. The molecule has 0 atom stereocenters. The third-order valence-electron chi connectivity index (χ3n) is 5.28. The van der Waals surface area contributed by atoms with Crippen molar-refractivity contribution in [3.63, 3.8) is 0 Å². The summed E-state index contributed by atoms with van der Waals surface area (Å²) in [6, 6.07) is 6.83. The van der Waals surface area contributed by atoms with E-state index in [0.29, 0.717) is 17.3 Å². The fraction of sp³-hybridized carbons (Fsp3) is 0.455. The van der Waals surface area contributed by atoms with Crippen LogP contribution in [0.1, 0.15) is 67.1 Å². The summed E-state index contributed by atoms with van der Waals surface area (Å²) < 4.78 is 1.83. The van der Waals surface area contributed by atoms with Crippen LogP contribution < -0.4 is 10.9 Å². The lowest BCUT2D eigenvalue weighted by atomic mass is 9.95. The number of unbranched alkanes of at least 4 members (excludes halogenated alkanes) is 1. The highest BCUT2D eigenvalue weighted by Gasteiger charge is 2.21. The van der Waals surface area contributed by atoms with Gasteiger partial charge in [-0.25, -0.2) is 0 Å². The SMILES string of the molecule is CCCCn1c2c(cc(C(=O)Nc3cccc(Cl)c3Cl)c1=O)CCCCCC2. The molecule has 0 unspecified atom stereocenters. The van der Waals surface area contributed by atoms with E-state index in [9.17, 15) is 9.59 Å². The van der Waals surface area contributed by atoms with Gasteiger partial charge in [0.1, 0.15) is 5.56 Å². The monoisotopic (exact) mass is 420 g/mol. The molecule has 0 fully saturated rings. The maximum atomic E-state index is 13.2. The second-order valence-corrected chi connectivity index (χ2v) is 8.10. The normalized spacial score (nSPS) is 14.1. The van der Waals surface area contributed by atoms with Gasteiger partial charge in [-0.1, -0.05) is 55.5 Å². The molecule has 3 rings (SSSR count). The number of nitrogens with zero attached hydrogens (tertiary/aromatic N) is 1. The minimum absolute atomic E-state index is 0.173. The maximum Gasteiger partial charge on any atom is 0.263 e. The minimum Gasteiger partial charge on any atom is -0.320 e. The number of halogens is 2. The first kappa shape index (κ1) is 20.9. The molecule has 1 aromatic heterocycles. The number of anilines is 1. The van der Waals surface area contributed by atoms with E-state index in [1.807, 2.05) is 4.57 Å². The number of benzene rings is 1. The van der Waals surface area contributed by atoms with Crippen molar-refractivity contribution in [3.8, 4) is 0 Å². The fourth-order valence-electron chi connectivity index (χ4n) is 3.74. The highest BCUT2D eigenvalue weighted by atomic mass is 35.5. The van der Waals surface area contributed by atoms with Crippen molar-refractivity contribution in [2.75, 3.05) is 5.32 Å². The van der Waals surface area contributed by atoms with E-state index in [4.69, 9.17) is 23.2 Å². The predicted octanol–water partition coefficient (Wildman–Crippen LogP) is 5.87. The van der Waals surface area contributed by atoms with Crippen LogP contribution in [0.25, 0.3) is 0 Å². The molecule has 0 bridgehead atoms. The van der Waals surface area contributed by atoms with E-state index in [1.54, 1.807) is 24.3 Å². The molecule has 1 aromatic carbocycles. The Hall–Kier alpha value is -1.78. The number of pyridine rings is 1. The average molecular weight is 421 g/mol. The summed E-state index contributed by atoms with van der Waals surface area (Å²) in [5.41, 5.74) is 2.59. The molecule has 28 heavy (non-hydrogen) atoms. The van der Waals surface area contributed by atoms with E-state index in [1.165, 1.54) is 12.8 Å². The summed E-state index contributed by atoms with van der Waals surface area (Å²) in [6.45, 7) is 2.75. The van der Waals surface area contributed by atoms with E-state index in [2.05, 4.69) is 12.2 Å². The van der Waals surface area contributed by atoms with Crippen molar-refractivity contribution in [3.05, 3.63) is 61.5 Å². The summed E-state index contributed by atoms with van der Waals surface area (Å²) in [6.07, 6.45) is 8.26. The van der Waals surface area contributed by atoms with Crippen LogP contribution in [0.2, 0.25) is 10.0 Å². The fourth-order valence-corrected chi connectivity index (χ4v) is 4.09. The molecule has 1 aliphatic rings. The van der Waals surface area contributed by atoms with Crippen molar-refractivity contribution >= 4 is 34.8 Å². The molecule has 2 aromatic rings. The Morgan fingerprint density at radius 1 is 1.14 bits per heavy atom. The lowest BCUT2D eigenvalue weighted by Crippen LogP contribution is -2.33. The standard InChI is InChI=1S/C22H26Cl2N2O2/c1-2-3-13-26-19-12-7-5-4-6-9-15(19)14-16(22(26)28)21(27)25-18-11-8-10-17(23)20(18)24/h8,10-11,14H,2-7,9,12-13H2,1H3,(H,25,27). The molecule has 0 aliphatic heterocycles. The molecule has 1 heterocycles. The van der Waals surface area contributed by atoms with Gasteiger partial charge in [-0.15, -0.1) is 0 Å². The number of aromatic nitrogens is 1. The van der Waals surface area contributed by atoms with Crippen LogP contribution in [-0.2, 0) is 19.4 Å².